The molecule has 3 aliphatic heterocycles. The Balaban J connectivity index is 1.62. The lowest BCUT2D eigenvalue weighted by Gasteiger charge is -2.70. The van der Waals surface area contributed by atoms with E-state index in [0.717, 1.165) is 19.1 Å². The van der Waals surface area contributed by atoms with Crippen LogP contribution < -0.4 is 0 Å². The average Bonchev–Trinajstić information content (AvgIpc) is 2.95. The second kappa shape index (κ2) is 7.13. The van der Waals surface area contributed by atoms with Crippen molar-refractivity contribution in [3.63, 3.8) is 0 Å². The summed E-state index contributed by atoms with van der Waals surface area (Å²) < 4.78 is 55.5. The molecular weight excluding hydrogens is 436 g/mol. The molecule has 0 aromatic rings. The van der Waals surface area contributed by atoms with Crippen molar-refractivity contribution in [3.8, 4) is 0 Å². The SMILES string of the molecule is CC(=O)O[C@@H]1CC[C@@H]2[C@@H](C1)[C@H]1OC(C)(C)O[C@H]1[C@@H]1C(C)(C)[C@H]3C[C@@H](OS(C)(=O)=O)[C@@]21CO3. The second-order valence-corrected chi connectivity index (χ2v) is 13.2. The van der Waals surface area contributed by atoms with Crippen molar-refractivity contribution < 1.29 is 36.3 Å². The number of hydrogen-bond acceptors (Lipinski definition) is 8. The number of rotatable bonds is 3. The van der Waals surface area contributed by atoms with E-state index in [1.807, 2.05) is 13.8 Å². The van der Waals surface area contributed by atoms with Gasteiger partial charge in [-0.05, 0) is 50.4 Å². The molecule has 2 bridgehead atoms. The van der Waals surface area contributed by atoms with Gasteiger partial charge in [-0.2, -0.15) is 8.42 Å². The van der Waals surface area contributed by atoms with Crippen molar-refractivity contribution in [2.24, 2.45) is 28.6 Å². The molecule has 8 nitrogen and oxygen atoms in total. The Morgan fingerprint density at radius 3 is 2.38 bits per heavy atom. The summed E-state index contributed by atoms with van der Waals surface area (Å²) in [4.78, 5) is 11.7. The van der Waals surface area contributed by atoms with Crippen LogP contribution in [0.5, 0.6) is 0 Å². The molecule has 6 rings (SSSR count). The quantitative estimate of drug-likeness (QED) is 0.457. The molecule has 0 N–H and O–H groups in total. The first kappa shape index (κ1) is 23.0. The van der Waals surface area contributed by atoms with Crippen LogP contribution >= 0.6 is 0 Å². The number of ether oxygens (including phenoxy) is 4. The average molecular weight is 473 g/mol. The molecule has 6 fully saturated rings. The predicted octanol–water partition coefficient (Wildman–Crippen LogP) is 2.64. The standard InChI is InChI=1S/C23H36O8S/c1-12(24)28-13-7-8-15-14(9-13)18-19(30-22(4,5)29-18)20-21(2,3)16-10-17(31-32(6,25)26)23(15,20)11-27-16/h13-20H,7-11H2,1-6H3/t13-,14-,15-,16-,17-,18-,19-,20-,23-/m1/s1. The summed E-state index contributed by atoms with van der Waals surface area (Å²) in [6.45, 7) is 10.2. The van der Waals surface area contributed by atoms with Crippen LogP contribution in [0.4, 0.5) is 0 Å². The highest BCUT2D eigenvalue weighted by Gasteiger charge is 2.75. The minimum Gasteiger partial charge on any atom is -0.463 e. The van der Waals surface area contributed by atoms with Crippen molar-refractivity contribution in [3.05, 3.63) is 0 Å². The predicted molar refractivity (Wildman–Crippen MR) is 114 cm³/mol. The van der Waals surface area contributed by atoms with Gasteiger partial charge in [-0.1, -0.05) is 13.8 Å². The van der Waals surface area contributed by atoms with Gasteiger partial charge in [0.15, 0.2) is 5.79 Å². The van der Waals surface area contributed by atoms with E-state index < -0.39 is 27.4 Å². The zero-order valence-corrected chi connectivity index (χ0v) is 20.6. The monoisotopic (exact) mass is 472 g/mol. The minimum atomic E-state index is -3.65. The first-order valence-corrected chi connectivity index (χ1v) is 13.6. The number of esters is 1. The number of hydrogen-bond donors (Lipinski definition) is 0. The third kappa shape index (κ3) is 3.37. The number of carbonyl (C=O) groups is 1. The molecule has 6 aliphatic rings. The van der Waals surface area contributed by atoms with Crippen molar-refractivity contribution in [2.45, 2.75) is 96.6 Å². The van der Waals surface area contributed by atoms with Gasteiger partial charge in [0.1, 0.15) is 6.10 Å². The molecule has 3 heterocycles. The van der Waals surface area contributed by atoms with E-state index in [1.165, 1.54) is 6.92 Å². The first-order valence-electron chi connectivity index (χ1n) is 11.8. The zero-order valence-electron chi connectivity index (χ0n) is 19.8. The third-order valence-corrected chi connectivity index (χ3v) is 9.43. The lowest BCUT2D eigenvalue weighted by molar-refractivity contribution is -0.326. The van der Waals surface area contributed by atoms with Gasteiger partial charge >= 0.3 is 5.97 Å². The van der Waals surface area contributed by atoms with Crippen molar-refractivity contribution >= 4 is 16.1 Å². The molecule has 0 amide bonds. The van der Waals surface area contributed by atoms with E-state index in [-0.39, 0.29) is 53.6 Å². The molecule has 9 atom stereocenters. The largest absolute Gasteiger partial charge is 0.463 e. The fourth-order valence-electron chi connectivity index (χ4n) is 8.11. The molecule has 182 valence electrons. The fourth-order valence-corrected chi connectivity index (χ4v) is 8.79. The highest BCUT2D eigenvalue weighted by molar-refractivity contribution is 7.86. The molecule has 3 saturated carbocycles. The van der Waals surface area contributed by atoms with E-state index in [9.17, 15) is 13.2 Å². The molecule has 9 heteroatoms. The van der Waals surface area contributed by atoms with Gasteiger partial charge in [-0.15, -0.1) is 0 Å². The maximum Gasteiger partial charge on any atom is 0.302 e. The Kier molecular flexibility index (Phi) is 5.13. The first-order chi connectivity index (χ1) is 14.7. The van der Waals surface area contributed by atoms with Gasteiger partial charge in [0.05, 0.1) is 37.3 Å². The molecular formula is C23H36O8S. The normalized spacial score (nSPS) is 48.4. The lowest BCUT2D eigenvalue weighted by atomic mass is 9.40. The maximum atomic E-state index is 12.3. The smallest absolute Gasteiger partial charge is 0.302 e. The van der Waals surface area contributed by atoms with Gasteiger partial charge in [0, 0.05) is 24.7 Å². The minimum absolute atomic E-state index is 0.0348. The van der Waals surface area contributed by atoms with E-state index in [4.69, 9.17) is 23.1 Å². The highest BCUT2D eigenvalue weighted by Crippen LogP contribution is 2.70. The molecule has 0 aromatic heterocycles. The Bertz CT molecular complexity index is 898. The second-order valence-electron chi connectivity index (χ2n) is 11.6. The molecule has 32 heavy (non-hydrogen) atoms. The molecule has 3 saturated heterocycles. The van der Waals surface area contributed by atoms with E-state index in [0.29, 0.717) is 19.4 Å². The molecule has 1 spiro atoms. The van der Waals surface area contributed by atoms with Gasteiger partial charge in [0.25, 0.3) is 10.1 Å². The van der Waals surface area contributed by atoms with Crippen LogP contribution in [0.3, 0.4) is 0 Å². The maximum absolute atomic E-state index is 12.3. The van der Waals surface area contributed by atoms with Crippen LogP contribution in [-0.2, 0) is 38.0 Å². The van der Waals surface area contributed by atoms with E-state index in [1.54, 1.807) is 0 Å². The Labute approximate surface area is 190 Å². The van der Waals surface area contributed by atoms with Crippen molar-refractivity contribution in [1.82, 2.24) is 0 Å². The molecule has 0 unspecified atom stereocenters. The van der Waals surface area contributed by atoms with Gasteiger partial charge < -0.3 is 18.9 Å². The third-order valence-electron chi connectivity index (χ3n) is 8.85. The van der Waals surface area contributed by atoms with Crippen molar-refractivity contribution in [1.29, 1.82) is 0 Å². The van der Waals surface area contributed by atoms with Crippen LogP contribution in [0.1, 0.15) is 60.3 Å². The Morgan fingerprint density at radius 1 is 1.03 bits per heavy atom. The lowest BCUT2D eigenvalue weighted by Crippen LogP contribution is -2.76. The molecule has 0 aromatic carbocycles. The number of carbonyl (C=O) groups excluding carboxylic acids is 1. The summed E-state index contributed by atoms with van der Waals surface area (Å²) in [5.74, 6) is -0.781. The zero-order chi connectivity index (χ0) is 23.3. The molecule has 0 radical (unpaired) electrons. The summed E-state index contributed by atoms with van der Waals surface area (Å²) in [5, 5.41) is 0. The van der Waals surface area contributed by atoms with Crippen LogP contribution in [-0.4, -0.2) is 63.6 Å². The van der Waals surface area contributed by atoms with Gasteiger partial charge in [-0.3, -0.25) is 8.98 Å². The Hall–Kier alpha value is -0.740. The van der Waals surface area contributed by atoms with E-state index in [2.05, 4.69) is 13.8 Å². The molecule has 3 aliphatic carbocycles. The summed E-state index contributed by atoms with van der Waals surface area (Å²) in [6.07, 6.45) is 2.83. The summed E-state index contributed by atoms with van der Waals surface area (Å²) in [6, 6.07) is 0. The summed E-state index contributed by atoms with van der Waals surface area (Å²) in [7, 11) is -3.65. The van der Waals surface area contributed by atoms with Gasteiger partial charge in [-0.25, -0.2) is 0 Å². The summed E-state index contributed by atoms with van der Waals surface area (Å²) >= 11 is 0. The van der Waals surface area contributed by atoms with Crippen LogP contribution in [0.15, 0.2) is 0 Å². The topological polar surface area (TPSA) is 97.4 Å². The number of fused-ring (bicyclic) bond motifs is 5. The Morgan fingerprint density at radius 2 is 1.72 bits per heavy atom. The highest BCUT2D eigenvalue weighted by atomic mass is 32.2. The van der Waals surface area contributed by atoms with Crippen molar-refractivity contribution in [2.75, 3.05) is 12.9 Å². The summed E-state index contributed by atoms with van der Waals surface area (Å²) in [5.41, 5.74) is -0.724. The van der Waals surface area contributed by atoms with Crippen LogP contribution in [0, 0.1) is 28.6 Å². The van der Waals surface area contributed by atoms with E-state index >= 15 is 0 Å². The van der Waals surface area contributed by atoms with Gasteiger partial charge in [0.2, 0.25) is 0 Å². The van der Waals surface area contributed by atoms with Crippen LogP contribution in [0.25, 0.3) is 0 Å². The fraction of sp³-hybridized carbons (Fsp3) is 0.957. The van der Waals surface area contributed by atoms with Crippen LogP contribution in [0.2, 0.25) is 0 Å².